The van der Waals surface area contributed by atoms with Crippen molar-refractivity contribution >= 4 is 11.6 Å². The predicted octanol–water partition coefficient (Wildman–Crippen LogP) is 2.18. The van der Waals surface area contributed by atoms with Gasteiger partial charge >= 0.3 is 6.18 Å². The van der Waals surface area contributed by atoms with Crippen LogP contribution in [0.25, 0.3) is 0 Å². The molecule has 1 aromatic rings. The topological polar surface area (TPSA) is 46.9 Å². The third kappa shape index (κ3) is 4.33. The van der Waals surface area contributed by atoms with Crippen LogP contribution in [0.1, 0.15) is 19.8 Å². The van der Waals surface area contributed by atoms with Crippen molar-refractivity contribution in [3.63, 3.8) is 0 Å². The van der Waals surface area contributed by atoms with Gasteiger partial charge in [-0.05, 0) is 6.42 Å². The van der Waals surface area contributed by atoms with Crippen molar-refractivity contribution in [2.45, 2.75) is 32.5 Å². The SMILES string of the molecule is CCCC(=O)Nc1cnn(CC(F)(F)F)c1. The van der Waals surface area contributed by atoms with Gasteiger partial charge in [-0.1, -0.05) is 6.92 Å². The van der Waals surface area contributed by atoms with Gasteiger partial charge in [-0.3, -0.25) is 9.48 Å². The second-order valence-corrected chi connectivity index (χ2v) is 3.34. The Balaban J connectivity index is 2.55. The van der Waals surface area contributed by atoms with Crippen molar-refractivity contribution in [1.29, 1.82) is 0 Å². The summed E-state index contributed by atoms with van der Waals surface area (Å²) >= 11 is 0. The lowest BCUT2D eigenvalue weighted by atomic mass is 10.3. The van der Waals surface area contributed by atoms with E-state index in [1.807, 2.05) is 6.92 Å². The number of aromatic nitrogens is 2. The fourth-order valence-electron chi connectivity index (χ4n) is 1.15. The Labute approximate surface area is 90.4 Å². The summed E-state index contributed by atoms with van der Waals surface area (Å²) in [5, 5.41) is 5.96. The Morgan fingerprint density at radius 1 is 1.56 bits per heavy atom. The normalized spacial score (nSPS) is 11.5. The van der Waals surface area contributed by atoms with Gasteiger partial charge in [0.2, 0.25) is 5.91 Å². The van der Waals surface area contributed by atoms with Crippen LogP contribution >= 0.6 is 0 Å². The van der Waals surface area contributed by atoms with Crippen LogP contribution in [0.4, 0.5) is 18.9 Å². The van der Waals surface area contributed by atoms with Crippen LogP contribution in [0, 0.1) is 0 Å². The van der Waals surface area contributed by atoms with Gasteiger partial charge in [-0.2, -0.15) is 18.3 Å². The van der Waals surface area contributed by atoms with E-state index < -0.39 is 12.7 Å². The van der Waals surface area contributed by atoms with Crippen molar-refractivity contribution in [3.8, 4) is 0 Å². The maximum atomic E-state index is 12.0. The molecule has 0 fully saturated rings. The van der Waals surface area contributed by atoms with Crippen molar-refractivity contribution in [2.75, 3.05) is 5.32 Å². The zero-order valence-corrected chi connectivity index (χ0v) is 8.71. The Kier molecular flexibility index (Phi) is 3.92. The van der Waals surface area contributed by atoms with Gasteiger partial charge in [0, 0.05) is 12.6 Å². The Hall–Kier alpha value is -1.53. The van der Waals surface area contributed by atoms with E-state index in [-0.39, 0.29) is 11.6 Å². The summed E-state index contributed by atoms with van der Waals surface area (Å²) in [6, 6.07) is 0. The summed E-state index contributed by atoms with van der Waals surface area (Å²) in [6.07, 6.45) is -0.940. The molecule has 1 amide bonds. The molecule has 1 heterocycles. The second kappa shape index (κ2) is 5.00. The van der Waals surface area contributed by atoms with Crippen molar-refractivity contribution in [3.05, 3.63) is 12.4 Å². The number of halogens is 3. The van der Waals surface area contributed by atoms with Gasteiger partial charge in [0.25, 0.3) is 0 Å². The van der Waals surface area contributed by atoms with Crippen LogP contribution < -0.4 is 5.32 Å². The number of anilines is 1. The molecule has 16 heavy (non-hydrogen) atoms. The molecule has 0 aromatic carbocycles. The molecule has 0 atom stereocenters. The highest BCUT2D eigenvalue weighted by atomic mass is 19.4. The highest BCUT2D eigenvalue weighted by molar-refractivity contribution is 5.90. The van der Waals surface area contributed by atoms with E-state index in [4.69, 9.17) is 0 Å². The number of nitrogens with one attached hydrogen (secondary N) is 1. The zero-order valence-electron chi connectivity index (χ0n) is 8.71. The lowest BCUT2D eigenvalue weighted by molar-refractivity contribution is -0.142. The van der Waals surface area contributed by atoms with Crippen LogP contribution in [0.2, 0.25) is 0 Å². The van der Waals surface area contributed by atoms with Crippen LogP contribution in [0.5, 0.6) is 0 Å². The maximum Gasteiger partial charge on any atom is 0.408 e. The number of carbonyl (C=O) groups excluding carboxylic acids is 1. The lowest BCUT2D eigenvalue weighted by Crippen LogP contribution is -2.17. The molecule has 1 rings (SSSR count). The highest BCUT2D eigenvalue weighted by Crippen LogP contribution is 2.18. The van der Waals surface area contributed by atoms with E-state index >= 15 is 0 Å². The molecule has 0 aliphatic heterocycles. The average Bonchev–Trinajstić information content (AvgIpc) is 2.49. The highest BCUT2D eigenvalue weighted by Gasteiger charge is 2.28. The summed E-state index contributed by atoms with van der Waals surface area (Å²) in [5.74, 6) is -0.228. The first-order valence-electron chi connectivity index (χ1n) is 4.80. The number of alkyl halides is 3. The third-order valence-corrected chi connectivity index (χ3v) is 1.74. The molecule has 0 spiro atoms. The first kappa shape index (κ1) is 12.5. The summed E-state index contributed by atoms with van der Waals surface area (Å²) < 4.78 is 36.7. The molecular formula is C9H12F3N3O. The van der Waals surface area contributed by atoms with Crippen LogP contribution in [0.15, 0.2) is 12.4 Å². The molecule has 0 saturated carbocycles. The Morgan fingerprint density at radius 3 is 2.81 bits per heavy atom. The molecule has 90 valence electrons. The van der Waals surface area contributed by atoms with Crippen molar-refractivity contribution < 1.29 is 18.0 Å². The first-order valence-corrected chi connectivity index (χ1v) is 4.80. The second-order valence-electron chi connectivity index (χ2n) is 3.34. The molecule has 0 saturated heterocycles. The van der Waals surface area contributed by atoms with E-state index in [0.717, 1.165) is 10.9 Å². The number of nitrogens with zero attached hydrogens (tertiary/aromatic N) is 2. The van der Waals surface area contributed by atoms with Gasteiger partial charge in [0.05, 0.1) is 11.9 Å². The lowest BCUT2D eigenvalue weighted by Gasteiger charge is -2.05. The first-order chi connectivity index (χ1) is 7.40. The smallest absolute Gasteiger partial charge is 0.323 e. The number of amides is 1. The number of hydrogen-bond donors (Lipinski definition) is 1. The van der Waals surface area contributed by atoms with Crippen molar-refractivity contribution in [1.82, 2.24) is 9.78 Å². The molecule has 1 N–H and O–H groups in total. The molecule has 0 aliphatic rings. The Bertz CT molecular complexity index is 359. The number of rotatable bonds is 4. The molecule has 4 nitrogen and oxygen atoms in total. The summed E-state index contributed by atoms with van der Waals surface area (Å²) in [7, 11) is 0. The minimum atomic E-state index is -4.31. The van der Waals surface area contributed by atoms with Crippen LogP contribution in [-0.2, 0) is 11.3 Å². The predicted molar refractivity (Wildman–Crippen MR) is 51.8 cm³/mol. The summed E-state index contributed by atoms with van der Waals surface area (Å²) in [6.45, 7) is 0.684. The molecule has 1 aromatic heterocycles. The van der Waals surface area contributed by atoms with E-state index in [2.05, 4.69) is 10.4 Å². The van der Waals surface area contributed by atoms with E-state index in [1.165, 1.54) is 6.20 Å². The number of hydrogen-bond acceptors (Lipinski definition) is 2. The quantitative estimate of drug-likeness (QED) is 0.869. The van der Waals surface area contributed by atoms with Gasteiger partial charge in [0.15, 0.2) is 0 Å². The molecular weight excluding hydrogens is 223 g/mol. The van der Waals surface area contributed by atoms with E-state index in [1.54, 1.807) is 0 Å². The molecule has 0 bridgehead atoms. The fraction of sp³-hybridized carbons (Fsp3) is 0.556. The van der Waals surface area contributed by atoms with E-state index in [0.29, 0.717) is 12.8 Å². The molecule has 7 heteroatoms. The minimum Gasteiger partial charge on any atom is -0.323 e. The monoisotopic (exact) mass is 235 g/mol. The standard InChI is InChI=1S/C9H12F3N3O/c1-2-3-8(16)14-7-4-13-15(5-7)6-9(10,11)12/h4-5H,2-3,6H2,1H3,(H,14,16). The van der Waals surface area contributed by atoms with Crippen LogP contribution in [0.3, 0.4) is 0 Å². The average molecular weight is 235 g/mol. The Morgan fingerprint density at radius 2 is 2.25 bits per heavy atom. The third-order valence-electron chi connectivity index (χ3n) is 1.74. The van der Waals surface area contributed by atoms with Gasteiger partial charge < -0.3 is 5.32 Å². The number of carbonyl (C=O) groups is 1. The maximum absolute atomic E-state index is 12.0. The molecule has 0 radical (unpaired) electrons. The minimum absolute atomic E-state index is 0.228. The zero-order chi connectivity index (χ0) is 12.2. The molecule has 0 aliphatic carbocycles. The summed E-state index contributed by atoms with van der Waals surface area (Å²) in [4.78, 5) is 11.1. The van der Waals surface area contributed by atoms with Crippen LogP contribution in [-0.4, -0.2) is 21.9 Å². The summed E-state index contributed by atoms with van der Waals surface area (Å²) in [5.41, 5.74) is 0.280. The fourth-order valence-corrected chi connectivity index (χ4v) is 1.15. The van der Waals surface area contributed by atoms with Gasteiger partial charge in [-0.15, -0.1) is 0 Å². The van der Waals surface area contributed by atoms with Gasteiger partial charge in [0.1, 0.15) is 6.54 Å². The van der Waals surface area contributed by atoms with Gasteiger partial charge in [-0.25, -0.2) is 0 Å². The largest absolute Gasteiger partial charge is 0.408 e. The molecule has 0 unspecified atom stereocenters. The van der Waals surface area contributed by atoms with E-state index in [9.17, 15) is 18.0 Å². The van der Waals surface area contributed by atoms with Crippen molar-refractivity contribution in [2.24, 2.45) is 0 Å².